The molecule has 1 atom stereocenters. The predicted octanol–water partition coefficient (Wildman–Crippen LogP) is 2.69. The van der Waals surface area contributed by atoms with Crippen molar-refractivity contribution < 1.29 is 14.6 Å². The lowest BCUT2D eigenvalue weighted by Crippen LogP contribution is -2.58. The lowest BCUT2D eigenvalue weighted by Gasteiger charge is -2.61. The quantitative estimate of drug-likeness (QED) is 0.819. The van der Waals surface area contributed by atoms with E-state index in [2.05, 4.69) is 0 Å². The lowest BCUT2D eigenvalue weighted by atomic mass is 9.42. The van der Waals surface area contributed by atoms with Crippen molar-refractivity contribution in [3.63, 3.8) is 0 Å². The van der Waals surface area contributed by atoms with Crippen LogP contribution >= 0.6 is 0 Å². The van der Waals surface area contributed by atoms with Gasteiger partial charge in [0.15, 0.2) is 0 Å². The van der Waals surface area contributed by atoms with Gasteiger partial charge in [-0.2, -0.15) is 0 Å². The van der Waals surface area contributed by atoms with Crippen LogP contribution in [-0.2, 0) is 9.53 Å². The molecule has 1 N–H and O–H groups in total. The highest BCUT2D eigenvalue weighted by atomic mass is 16.5. The van der Waals surface area contributed by atoms with Crippen molar-refractivity contribution in [1.82, 2.24) is 0 Å². The second kappa shape index (κ2) is 3.50. The second-order valence-electron chi connectivity index (χ2n) is 7.39. The van der Waals surface area contributed by atoms with E-state index in [1.54, 1.807) is 0 Å². The predicted molar refractivity (Wildman–Crippen MR) is 66.1 cm³/mol. The summed E-state index contributed by atoms with van der Waals surface area (Å²) < 4.78 is 5.53. The minimum absolute atomic E-state index is 0.0735. The third kappa shape index (κ3) is 1.26. The summed E-state index contributed by atoms with van der Waals surface area (Å²) >= 11 is 0. The highest BCUT2D eigenvalue weighted by Gasteiger charge is 2.64. The van der Waals surface area contributed by atoms with E-state index >= 15 is 0 Å². The first-order valence-corrected chi connectivity index (χ1v) is 7.45. The monoisotopic (exact) mass is 250 g/mol. The Morgan fingerprint density at radius 2 is 1.61 bits per heavy atom. The number of aliphatic carboxylic acids is 1. The van der Waals surface area contributed by atoms with Crippen LogP contribution < -0.4 is 0 Å². The zero-order chi connectivity index (χ0) is 12.4. The summed E-state index contributed by atoms with van der Waals surface area (Å²) in [6.07, 6.45) is 8.34. The van der Waals surface area contributed by atoms with E-state index in [1.165, 1.54) is 19.3 Å². The Labute approximate surface area is 108 Å². The number of carboxylic acids is 1. The van der Waals surface area contributed by atoms with Crippen LogP contribution in [0.2, 0.25) is 0 Å². The number of rotatable bonds is 2. The van der Waals surface area contributed by atoms with Crippen LogP contribution in [0.1, 0.15) is 44.9 Å². The molecule has 4 bridgehead atoms. The first-order valence-electron chi connectivity index (χ1n) is 7.45. The number of hydrogen-bond donors (Lipinski definition) is 1. The molecule has 1 aliphatic heterocycles. The van der Waals surface area contributed by atoms with Crippen molar-refractivity contribution in [2.24, 2.45) is 28.6 Å². The molecule has 3 heteroatoms. The molecule has 0 aromatic heterocycles. The molecule has 0 aromatic carbocycles. The summed E-state index contributed by atoms with van der Waals surface area (Å²) in [6.45, 7) is 1.11. The largest absolute Gasteiger partial charge is 0.481 e. The van der Waals surface area contributed by atoms with E-state index in [0.29, 0.717) is 13.2 Å². The van der Waals surface area contributed by atoms with Gasteiger partial charge < -0.3 is 9.84 Å². The molecule has 5 aliphatic rings. The average molecular weight is 250 g/mol. The van der Waals surface area contributed by atoms with Gasteiger partial charge in [-0.15, -0.1) is 0 Å². The van der Waals surface area contributed by atoms with Gasteiger partial charge in [0.1, 0.15) is 0 Å². The summed E-state index contributed by atoms with van der Waals surface area (Å²) in [5.74, 6) is 1.86. The SMILES string of the molecule is O=C(O)C1(C23CC4CC(CC(C4)C2)C3)CCOC1. The van der Waals surface area contributed by atoms with Crippen LogP contribution in [0.3, 0.4) is 0 Å². The number of ether oxygens (including phenoxy) is 1. The number of carbonyl (C=O) groups is 1. The molecular formula is C15H22O3. The maximum atomic E-state index is 12.0. The highest BCUT2D eigenvalue weighted by molar-refractivity contribution is 5.76. The van der Waals surface area contributed by atoms with E-state index in [0.717, 1.165) is 43.4 Å². The average Bonchev–Trinajstić information content (AvgIpc) is 2.77. The van der Waals surface area contributed by atoms with Gasteiger partial charge >= 0.3 is 5.97 Å². The summed E-state index contributed by atoms with van der Waals surface area (Å²) in [4.78, 5) is 12.0. The Bertz CT molecular complexity index is 346. The number of hydrogen-bond acceptors (Lipinski definition) is 2. The maximum Gasteiger partial charge on any atom is 0.312 e. The molecule has 4 aliphatic carbocycles. The summed E-state index contributed by atoms with van der Waals surface area (Å²) in [7, 11) is 0. The number of carboxylic acid groups (broad SMARTS) is 1. The third-order valence-corrected chi connectivity index (χ3v) is 6.48. The summed E-state index contributed by atoms with van der Waals surface area (Å²) in [5.41, 5.74) is -0.479. The fourth-order valence-electron chi connectivity index (χ4n) is 6.08. The first-order chi connectivity index (χ1) is 8.64. The Morgan fingerprint density at radius 1 is 1.06 bits per heavy atom. The Kier molecular flexibility index (Phi) is 2.19. The smallest absolute Gasteiger partial charge is 0.312 e. The fraction of sp³-hybridized carbons (Fsp3) is 0.933. The maximum absolute atomic E-state index is 12.0. The van der Waals surface area contributed by atoms with Gasteiger partial charge in [-0.1, -0.05) is 0 Å². The third-order valence-electron chi connectivity index (χ3n) is 6.48. The first kappa shape index (κ1) is 11.3. The van der Waals surface area contributed by atoms with Gasteiger partial charge in [-0.05, 0) is 68.1 Å². The molecule has 0 radical (unpaired) electrons. The zero-order valence-corrected chi connectivity index (χ0v) is 10.9. The molecule has 1 saturated heterocycles. The molecule has 5 rings (SSSR count). The van der Waals surface area contributed by atoms with Gasteiger partial charge in [-0.3, -0.25) is 4.79 Å². The molecule has 3 nitrogen and oxygen atoms in total. The van der Waals surface area contributed by atoms with E-state index in [1.807, 2.05) is 0 Å². The topological polar surface area (TPSA) is 46.5 Å². The molecule has 1 unspecified atom stereocenters. The molecule has 0 spiro atoms. The molecule has 1 heterocycles. The zero-order valence-electron chi connectivity index (χ0n) is 10.9. The van der Waals surface area contributed by atoms with Gasteiger partial charge in [0.2, 0.25) is 0 Å². The second-order valence-corrected chi connectivity index (χ2v) is 7.39. The normalized spacial score (nSPS) is 53.9. The van der Waals surface area contributed by atoms with Crippen molar-refractivity contribution in [2.75, 3.05) is 13.2 Å². The summed E-state index contributed by atoms with van der Waals surface area (Å²) in [6, 6.07) is 0. The fourth-order valence-corrected chi connectivity index (χ4v) is 6.08. The van der Waals surface area contributed by atoms with E-state index in [4.69, 9.17) is 4.74 Å². The standard InChI is InChI=1S/C15H22O3/c16-13(17)15(1-2-18-9-15)14-6-10-3-11(7-14)5-12(4-10)8-14/h10-12H,1-9H2,(H,16,17). The van der Waals surface area contributed by atoms with Crippen LogP contribution in [0.15, 0.2) is 0 Å². The molecule has 18 heavy (non-hydrogen) atoms. The van der Waals surface area contributed by atoms with Gasteiger partial charge in [-0.25, -0.2) is 0 Å². The van der Waals surface area contributed by atoms with Crippen LogP contribution in [0.4, 0.5) is 0 Å². The Balaban J connectivity index is 1.76. The molecule has 100 valence electrons. The van der Waals surface area contributed by atoms with E-state index < -0.39 is 11.4 Å². The summed E-state index contributed by atoms with van der Waals surface area (Å²) in [5, 5.41) is 9.84. The van der Waals surface area contributed by atoms with E-state index in [-0.39, 0.29) is 5.41 Å². The van der Waals surface area contributed by atoms with Crippen molar-refractivity contribution in [3.8, 4) is 0 Å². The molecular weight excluding hydrogens is 228 g/mol. The molecule has 0 aromatic rings. The van der Waals surface area contributed by atoms with Crippen molar-refractivity contribution in [3.05, 3.63) is 0 Å². The van der Waals surface area contributed by atoms with Crippen molar-refractivity contribution in [2.45, 2.75) is 44.9 Å². The minimum Gasteiger partial charge on any atom is -0.481 e. The van der Waals surface area contributed by atoms with Crippen LogP contribution in [0.25, 0.3) is 0 Å². The van der Waals surface area contributed by atoms with E-state index in [9.17, 15) is 9.90 Å². The molecule has 0 amide bonds. The molecule has 4 saturated carbocycles. The van der Waals surface area contributed by atoms with Crippen LogP contribution in [0, 0.1) is 28.6 Å². The van der Waals surface area contributed by atoms with Gasteiger partial charge in [0.05, 0.1) is 12.0 Å². The van der Waals surface area contributed by atoms with Crippen LogP contribution in [-0.4, -0.2) is 24.3 Å². The minimum atomic E-state index is -0.582. The Morgan fingerprint density at radius 3 is 2.00 bits per heavy atom. The van der Waals surface area contributed by atoms with Gasteiger partial charge in [0.25, 0.3) is 0 Å². The van der Waals surface area contributed by atoms with Crippen LogP contribution in [0.5, 0.6) is 0 Å². The highest BCUT2D eigenvalue weighted by Crippen LogP contribution is 2.67. The van der Waals surface area contributed by atoms with Crippen molar-refractivity contribution in [1.29, 1.82) is 0 Å². The van der Waals surface area contributed by atoms with Crippen molar-refractivity contribution >= 4 is 5.97 Å². The van der Waals surface area contributed by atoms with Gasteiger partial charge in [0, 0.05) is 6.61 Å². The Hall–Kier alpha value is -0.570. The molecule has 5 fully saturated rings. The lowest BCUT2D eigenvalue weighted by molar-refractivity contribution is -0.179.